The quantitative estimate of drug-likeness (QED) is 0.341. The van der Waals surface area contributed by atoms with Crippen molar-refractivity contribution >= 4 is 7.32 Å². The summed E-state index contributed by atoms with van der Waals surface area (Å²) in [6.45, 7) is 10.5. The Morgan fingerprint density at radius 1 is 1.00 bits per heavy atom. The zero-order valence-electron chi connectivity index (χ0n) is 6.49. The SMILES string of the molecule is C=CC.C=CC.OB(O)O. The lowest BCUT2D eigenvalue weighted by Gasteiger charge is -1.69. The van der Waals surface area contributed by atoms with E-state index in [1.165, 1.54) is 0 Å². The Morgan fingerprint density at radius 3 is 1.00 bits per heavy atom. The van der Waals surface area contributed by atoms with Crippen molar-refractivity contribution < 1.29 is 15.1 Å². The van der Waals surface area contributed by atoms with Crippen LogP contribution in [0.2, 0.25) is 0 Å². The topological polar surface area (TPSA) is 60.7 Å². The highest BCUT2D eigenvalue weighted by Gasteiger charge is 1.92. The lowest BCUT2D eigenvalue weighted by molar-refractivity contribution is 0.278. The molecule has 4 heteroatoms. The third kappa shape index (κ3) is 927. The Kier molecular flexibility index (Phi) is 38.4. The van der Waals surface area contributed by atoms with E-state index in [1.807, 2.05) is 13.8 Å². The van der Waals surface area contributed by atoms with Crippen LogP contribution in [0.4, 0.5) is 0 Å². The van der Waals surface area contributed by atoms with Crippen molar-refractivity contribution in [2.24, 2.45) is 0 Å². The van der Waals surface area contributed by atoms with Gasteiger partial charge in [0.1, 0.15) is 0 Å². The minimum absolute atomic E-state index is 1.75. The van der Waals surface area contributed by atoms with E-state index in [0.29, 0.717) is 0 Å². The standard InChI is InChI=1S/2C3H6.BH3O3/c2*1-3-2;2-1(3)4/h2*3H,1H2,2H3;2-4H. The molecule has 0 spiro atoms. The molecule has 0 heterocycles. The summed E-state index contributed by atoms with van der Waals surface area (Å²) in [5, 5.41) is 21.5. The fraction of sp³-hybridized carbons (Fsp3) is 0.333. The van der Waals surface area contributed by atoms with Crippen molar-refractivity contribution in [3.8, 4) is 0 Å². The van der Waals surface area contributed by atoms with Crippen LogP contribution in [0.1, 0.15) is 13.8 Å². The van der Waals surface area contributed by atoms with E-state index in [-0.39, 0.29) is 0 Å². The van der Waals surface area contributed by atoms with Crippen molar-refractivity contribution in [2.75, 3.05) is 0 Å². The number of hydrogen-bond acceptors (Lipinski definition) is 3. The van der Waals surface area contributed by atoms with E-state index >= 15 is 0 Å². The molecule has 0 unspecified atom stereocenters. The summed E-state index contributed by atoms with van der Waals surface area (Å²) in [6, 6.07) is 0. The van der Waals surface area contributed by atoms with E-state index in [2.05, 4.69) is 13.2 Å². The molecule has 0 bridgehead atoms. The zero-order valence-corrected chi connectivity index (χ0v) is 6.49. The molecule has 0 aliphatic rings. The lowest BCUT2D eigenvalue weighted by Crippen LogP contribution is -2.07. The Balaban J connectivity index is -0.0000000750. The summed E-state index contributed by atoms with van der Waals surface area (Å²) >= 11 is 0. The number of rotatable bonds is 0. The Labute approximate surface area is 62.5 Å². The third-order valence-electron chi connectivity index (χ3n) is 0. The predicted molar refractivity (Wildman–Crippen MR) is 44.2 cm³/mol. The summed E-state index contributed by atoms with van der Waals surface area (Å²) < 4.78 is 0. The fourth-order valence-electron chi connectivity index (χ4n) is 0. The third-order valence-corrected chi connectivity index (χ3v) is 0. The van der Waals surface area contributed by atoms with Gasteiger partial charge in [-0.05, 0) is 13.8 Å². The van der Waals surface area contributed by atoms with E-state index in [4.69, 9.17) is 15.1 Å². The molecule has 0 saturated heterocycles. The first kappa shape index (κ1) is 16.2. The Hall–Kier alpha value is -0.575. The van der Waals surface area contributed by atoms with E-state index < -0.39 is 7.32 Å². The van der Waals surface area contributed by atoms with Crippen LogP contribution in [-0.4, -0.2) is 22.4 Å². The Morgan fingerprint density at radius 2 is 1.00 bits per heavy atom. The molecule has 0 aromatic carbocycles. The summed E-state index contributed by atoms with van der Waals surface area (Å²) in [4.78, 5) is 0. The average molecular weight is 146 g/mol. The Bertz CT molecular complexity index is 55.3. The summed E-state index contributed by atoms with van der Waals surface area (Å²) in [7, 11) is -2.17. The van der Waals surface area contributed by atoms with Crippen molar-refractivity contribution in [3.05, 3.63) is 25.3 Å². The normalized spacial score (nSPS) is 5.30. The first-order valence-electron chi connectivity index (χ1n) is 2.75. The monoisotopic (exact) mass is 146 g/mol. The molecule has 10 heavy (non-hydrogen) atoms. The van der Waals surface area contributed by atoms with Gasteiger partial charge in [0.25, 0.3) is 0 Å². The van der Waals surface area contributed by atoms with E-state index in [9.17, 15) is 0 Å². The molecule has 0 atom stereocenters. The van der Waals surface area contributed by atoms with E-state index in [1.54, 1.807) is 12.2 Å². The van der Waals surface area contributed by atoms with Crippen LogP contribution in [0.15, 0.2) is 25.3 Å². The first-order chi connectivity index (χ1) is 4.56. The van der Waals surface area contributed by atoms with Gasteiger partial charge in [0, 0.05) is 0 Å². The van der Waals surface area contributed by atoms with Crippen LogP contribution >= 0.6 is 0 Å². The second kappa shape index (κ2) is 23.7. The maximum absolute atomic E-state index is 7.17. The molecule has 0 radical (unpaired) electrons. The molecule has 0 aliphatic heterocycles. The van der Waals surface area contributed by atoms with Crippen LogP contribution in [0.5, 0.6) is 0 Å². The van der Waals surface area contributed by atoms with Crippen molar-refractivity contribution in [3.63, 3.8) is 0 Å². The molecule has 0 saturated carbocycles. The summed E-state index contributed by atoms with van der Waals surface area (Å²) in [5.41, 5.74) is 0. The molecule has 0 rings (SSSR count). The molecule has 3 N–H and O–H groups in total. The largest absolute Gasteiger partial charge is 0.631 e. The molecule has 0 aliphatic carbocycles. The molecule has 60 valence electrons. The van der Waals surface area contributed by atoms with Crippen LogP contribution in [0, 0.1) is 0 Å². The highest BCUT2D eigenvalue weighted by Crippen LogP contribution is 1.40. The highest BCUT2D eigenvalue weighted by molar-refractivity contribution is 6.30. The van der Waals surface area contributed by atoms with Gasteiger partial charge in [-0.3, -0.25) is 0 Å². The highest BCUT2D eigenvalue weighted by atomic mass is 16.5. The van der Waals surface area contributed by atoms with Gasteiger partial charge in [-0.1, -0.05) is 12.2 Å². The van der Waals surface area contributed by atoms with Crippen molar-refractivity contribution in [1.82, 2.24) is 0 Å². The van der Waals surface area contributed by atoms with Gasteiger partial charge < -0.3 is 15.1 Å². The molecule has 0 fully saturated rings. The molecular weight excluding hydrogens is 131 g/mol. The zero-order chi connectivity index (χ0) is 8.99. The van der Waals surface area contributed by atoms with Gasteiger partial charge in [-0.25, -0.2) is 0 Å². The second-order valence-corrected chi connectivity index (χ2v) is 1.16. The number of hydrogen-bond donors (Lipinski definition) is 3. The van der Waals surface area contributed by atoms with E-state index in [0.717, 1.165) is 0 Å². The van der Waals surface area contributed by atoms with Gasteiger partial charge in [0.15, 0.2) is 0 Å². The second-order valence-electron chi connectivity index (χ2n) is 1.16. The molecular formula is C6H15BO3. The first-order valence-corrected chi connectivity index (χ1v) is 2.75. The van der Waals surface area contributed by atoms with Gasteiger partial charge in [0.05, 0.1) is 0 Å². The predicted octanol–water partition coefficient (Wildman–Crippen LogP) is 0.333. The minimum atomic E-state index is -2.17. The molecule has 3 nitrogen and oxygen atoms in total. The van der Waals surface area contributed by atoms with Gasteiger partial charge in [0.2, 0.25) is 0 Å². The van der Waals surface area contributed by atoms with Crippen molar-refractivity contribution in [2.45, 2.75) is 13.8 Å². The minimum Gasteiger partial charge on any atom is -0.402 e. The van der Waals surface area contributed by atoms with Crippen LogP contribution in [-0.2, 0) is 0 Å². The molecule has 0 aromatic heterocycles. The fourth-order valence-corrected chi connectivity index (χ4v) is 0. The lowest BCUT2D eigenvalue weighted by atomic mass is 10.3. The maximum atomic E-state index is 7.17. The average Bonchev–Trinajstić information content (AvgIpc) is 1.65. The van der Waals surface area contributed by atoms with Crippen LogP contribution in [0.25, 0.3) is 0 Å². The smallest absolute Gasteiger partial charge is 0.402 e. The molecule has 0 aromatic rings. The maximum Gasteiger partial charge on any atom is 0.631 e. The van der Waals surface area contributed by atoms with Crippen LogP contribution in [0.3, 0.4) is 0 Å². The van der Waals surface area contributed by atoms with Gasteiger partial charge in [-0.2, -0.15) is 0 Å². The number of allylic oxidation sites excluding steroid dienone is 2. The van der Waals surface area contributed by atoms with Crippen LogP contribution < -0.4 is 0 Å². The van der Waals surface area contributed by atoms with Crippen molar-refractivity contribution in [1.29, 1.82) is 0 Å². The molecule has 0 amide bonds. The van der Waals surface area contributed by atoms with Gasteiger partial charge >= 0.3 is 7.32 Å². The van der Waals surface area contributed by atoms with Gasteiger partial charge in [-0.15, -0.1) is 13.2 Å². The summed E-state index contributed by atoms with van der Waals surface area (Å²) in [5.74, 6) is 0. The summed E-state index contributed by atoms with van der Waals surface area (Å²) in [6.07, 6.45) is 3.50.